The topological polar surface area (TPSA) is 88.9 Å². The van der Waals surface area contributed by atoms with Crippen LogP contribution in [0, 0.1) is 5.92 Å². The Morgan fingerprint density at radius 1 is 1.07 bits per heavy atom. The molecule has 0 fully saturated rings. The molecule has 3 aromatic rings. The van der Waals surface area contributed by atoms with E-state index in [0.29, 0.717) is 23.6 Å². The molecule has 0 aliphatic heterocycles. The Kier molecular flexibility index (Phi) is 7.19. The number of carbonyl (C=O) groups excluding carboxylic acids is 2. The number of nitrogens with one attached hydrogen (secondary N) is 2. The molecule has 3 rings (SSSR count). The molecule has 2 aromatic carbocycles. The summed E-state index contributed by atoms with van der Waals surface area (Å²) in [5.74, 6) is -0.274. The fourth-order valence-corrected chi connectivity index (χ4v) is 3.09. The molecule has 1 unspecified atom stereocenters. The summed E-state index contributed by atoms with van der Waals surface area (Å²) < 4.78 is 1.66. The summed E-state index contributed by atoms with van der Waals surface area (Å²) in [6.07, 6.45) is 3.63. The summed E-state index contributed by atoms with van der Waals surface area (Å²) in [4.78, 5) is 29.2. The molecule has 1 aromatic heterocycles. The van der Waals surface area contributed by atoms with Gasteiger partial charge in [-0.25, -0.2) is 9.67 Å². The Morgan fingerprint density at radius 2 is 1.77 bits per heavy atom. The van der Waals surface area contributed by atoms with Crippen LogP contribution in [0.1, 0.15) is 36.2 Å². The van der Waals surface area contributed by atoms with Crippen molar-refractivity contribution in [2.24, 2.45) is 5.92 Å². The maximum atomic E-state index is 12.8. The van der Waals surface area contributed by atoms with E-state index in [4.69, 9.17) is 11.6 Å². The number of nitrogens with zero attached hydrogens (tertiary/aromatic N) is 3. The number of carbonyl (C=O) groups is 2. The van der Waals surface area contributed by atoms with Gasteiger partial charge in [0, 0.05) is 17.1 Å². The van der Waals surface area contributed by atoms with Crippen LogP contribution in [0.4, 0.5) is 0 Å². The van der Waals surface area contributed by atoms with Crippen molar-refractivity contribution in [1.29, 1.82) is 0 Å². The molecule has 30 heavy (non-hydrogen) atoms. The van der Waals surface area contributed by atoms with E-state index in [1.807, 2.05) is 38.1 Å². The van der Waals surface area contributed by atoms with Crippen molar-refractivity contribution in [3.8, 4) is 5.69 Å². The third-order valence-corrected chi connectivity index (χ3v) is 4.77. The third kappa shape index (κ3) is 5.90. The van der Waals surface area contributed by atoms with Crippen LogP contribution in [0.2, 0.25) is 5.02 Å². The molecule has 7 nitrogen and oxygen atoms in total. The van der Waals surface area contributed by atoms with Gasteiger partial charge in [-0.05, 0) is 54.3 Å². The van der Waals surface area contributed by atoms with Gasteiger partial charge in [-0.15, -0.1) is 0 Å². The first kappa shape index (κ1) is 21.5. The van der Waals surface area contributed by atoms with Crippen molar-refractivity contribution in [2.75, 3.05) is 0 Å². The van der Waals surface area contributed by atoms with E-state index >= 15 is 0 Å². The van der Waals surface area contributed by atoms with E-state index in [2.05, 4.69) is 20.7 Å². The Morgan fingerprint density at radius 3 is 2.37 bits per heavy atom. The lowest BCUT2D eigenvalue weighted by Gasteiger charge is -2.20. The SMILES string of the molecule is CC(C)CC(NC(=O)c1ccc(Cl)cc1)C(=O)NCc1ccc(-n2cncn2)cc1. The predicted molar refractivity (Wildman–Crippen MR) is 115 cm³/mol. The quantitative estimate of drug-likeness (QED) is 0.579. The van der Waals surface area contributed by atoms with Crippen molar-refractivity contribution < 1.29 is 9.59 Å². The highest BCUT2D eigenvalue weighted by atomic mass is 35.5. The molecule has 0 radical (unpaired) electrons. The molecule has 1 atom stereocenters. The van der Waals surface area contributed by atoms with Crippen LogP contribution in [0.3, 0.4) is 0 Å². The average molecular weight is 426 g/mol. The Balaban J connectivity index is 1.60. The summed E-state index contributed by atoms with van der Waals surface area (Å²) in [6, 6.07) is 13.6. The molecule has 2 amide bonds. The Hall–Kier alpha value is -3.19. The van der Waals surface area contributed by atoms with Crippen LogP contribution in [0.25, 0.3) is 5.69 Å². The minimum absolute atomic E-state index is 0.216. The third-order valence-electron chi connectivity index (χ3n) is 4.52. The van der Waals surface area contributed by atoms with Crippen molar-refractivity contribution >= 4 is 23.4 Å². The van der Waals surface area contributed by atoms with Gasteiger partial charge in [0.15, 0.2) is 0 Å². The second-order valence-electron chi connectivity index (χ2n) is 7.39. The normalized spacial score (nSPS) is 11.9. The molecular formula is C22H24ClN5O2. The lowest BCUT2D eigenvalue weighted by atomic mass is 10.0. The molecule has 156 valence electrons. The first-order valence-corrected chi connectivity index (χ1v) is 10.1. The summed E-state index contributed by atoms with van der Waals surface area (Å²) in [5, 5.41) is 10.4. The molecule has 0 bridgehead atoms. The van der Waals surface area contributed by atoms with Crippen molar-refractivity contribution in [1.82, 2.24) is 25.4 Å². The van der Waals surface area contributed by atoms with E-state index in [1.54, 1.807) is 35.3 Å². The van der Waals surface area contributed by atoms with E-state index in [1.165, 1.54) is 6.33 Å². The van der Waals surface area contributed by atoms with Gasteiger partial charge in [-0.3, -0.25) is 9.59 Å². The fourth-order valence-electron chi connectivity index (χ4n) is 2.97. The van der Waals surface area contributed by atoms with Gasteiger partial charge in [-0.2, -0.15) is 5.10 Å². The largest absolute Gasteiger partial charge is 0.350 e. The zero-order chi connectivity index (χ0) is 21.5. The number of hydrogen-bond donors (Lipinski definition) is 2. The number of halogens is 1. The highest BCUT2D eigenvalue weighted by molar-refractivity contribution is 6.30. The highest BCUT2D eigenvalue weighted by Crippen LogP contribution is 2.12. The van der Waals surface area contributed by atoms with Crippen LogP contribution in [-0.2, 0) is 11.3 Å². The van der Waals surface area contributed by atoms with Gasteiger partial charge < -0.3 is 10.6 Å². The molecule has 0 aliphatic rings. The standard InChI is InChI=1S/C22H24ClN5O2/c1-15(2)11-20(27-21(29)17-5-7-18(23)8-6-17)22(30)25-12-16-3-9-19(10-4-16)28-14-24-13-26-28/h3-10,13-15,20H,11-12H2,1-2H3,(H,25,30)(H,27,29). The summed E-state index contributed by atoms with van der Waals surface area (Å²) in [5.41, 5.74) is 2.29. The van der Waals surface area contributed by atoms with Crippen molar-refractivity contribution in [3.05, 3.63) is 77.3 Å². The van der Waals surface area contributed by atoms with E-state index < -0.39 is 6.04 Å². The highest BCUT2D eigenvalue weighted by Gasteiger charge is 2.22. The predicted octanol–water partition coefficient (Wildman–Crippen LogP) is 3.38. The van der Waals surface area contributed by atoms with Gasteiger partial charge >= 0.3 is 0 Å². The molecule has 0 saturated carbocycles. The van der Waals surface area contributed by atoms with E-state index in [0.717, 1.165) is 11.3 Å². The average Bonchev–Trinajstić information content (AvgIpc) is 3.27. The van der Waals surface area contributed by atoms with Gasteiger partial charge in [-0.1, -0.05) is 37.6 Å². The van der Waals surface area contributed by atoms with E-state index in [-0.39, 0.29) is 17.7 Å². The van der Waals surface area contributed by atoms with Gasteiger partial charge in [0.1, 0.15) is 18.7 Å². The minimum atomic E-state index is -0.623. The second kappa shape index (κ2) is 10.0. The fraction of sp³-hybridized carbons (Fsp3) is 0.273. The molecule has 0 spiro atoms. The van der Waals surface area contributed by atoms with Crippen molar-refractivity contribution in [3.63, 3.8) is 0 Å². The zero-order valence-electron chi connectivity index (χ0n) is 16.9. The van der Waals surface area contributed by atoms with Gasteiger partial charge in [0.05, 0.1) is 5.69 Å². The minimum Gasteiger partial charge on any atom is -0.350 e. The molecule has 0 saturated heterocycles. The van der Waals surface area contributed by atoms with Crippen LogP contribution >= 0.6 is 11.6 Å². The monoisotopic (exact) mass is 425 g/mol. The Bertz CT molecular complexity index is 970. The molecular weight excluding hydrogens is 402 g/mol. The second-order valence-corrected chi connectivity index (χ2v) is 7.82. The molecule has 2 N–H and O–H groups in total. The Labute approximate surface area is 180 Å². The van der Waals surface area contributed by atoms with Crippen molar-refractivity contribution in [2.45, 2.75) is 32.9 Å². The van der Waals surface area contributed by atoms with E-state index in [9.17, 15) is 9.59 Å². The number of amides is 2. The smallest absolute Gasteiger partial charge is 0.251 e. The maximum Gasteiger partial charge on any atom is 0.251 e. The van der Waals surface area contributed by atoms with Crippen LogP contribution in [0.5, 0.6) is 0 Å². The lowest BCUT2D eigenvalue weighted by molar-refractivity contribution is -0.123. The molecule has 8 heteroatoms. The first-order chi connectivity index (χ1) is 14.4. The summed E-state index contributed by atoms with van der Waals surface area (Å²) in [6.45, 7) is 4.39. The lowest BCUT2D eigenvalue weighted by Crippen LogP contribution is -2.47. The zero-order valence-corrected chi connectivity index (χ0v) is 17.6. The number of rotatable bonds is 8. The molecule has 1 heterocycles. The van der Waals surface area contributed by atoms with Crippen LogP contribution in [-0.4, -0.2) is 32.6 Å². The van der Waals surface area contributed by atoms with Gasteiger partial charge in [0.2, 0.25) is 5.91 Å². The molecule has 0 aliphatic carbocycles. The number of benzene rings is 2. The summed E-state index contributed by atoms with van der Waals surface area (Å²) >= 11 is 5.88. The summed E-state index contributed by atoms with van der Waals surface area (Å²) in [7, 11) is 0. The first-order valence-electron chi connectivity index (χ1n) is 9.70. The number of hydrogen-bond acceptors (Lipinski definition) is 4. The number of aromatic nitrogens is 3. The van der Waals surface area contributed by atoms with Crippen LogP contribution in [0.15, 0.2) is 61.2 Å². The van der Waals surface area contributed by atoms with Crippen LogP contribution < -0.4 is 10.6 Å². The maximum absolute atomic E-state index is 12.8. The van der Waals surface area contributed by atoms with Gasteiger partial charge in [0.25, 0.3) is 5.91 Å².